The van der Waals surface area contributed by atoms with Crippen molar-refractivity contribution in [3.8, 4) is 5.75 Å². The number of carbonyl (C=O) groups excluding carboxylic acids is 1. The van der Waals surface area contributed by atoms with Crippen LogP contribution in [0.15, 0.2) is 23.4 Å². The van der Waals surface area contributed by atoms with Crippen molar-refractivity contribution >= 4 is 11.6 Å². The van der Waals surface area contributed by atoms with Crippen molar-refractivity contribution in [2.45, 2.75) is 45.6 Å². The van der Waals surface area contributed by atoms with Crippen LogP contribution in [0.3, 0.4) is 0 Å². The van der Waals surface area contributed by atoms with Gasteiger partial charge in [-0.2, -0.15) is 0 Å². The van der Waals surface area contributed by atoms with E-state index in [4.69, 9.17) is 9.94 Å². The zero-order chi connectivity index (χ0) is 15.2. The molecule has 1 unspecified atom stereocenters. The molecule has 5 nitrogen and oxygen atoms in total. The Hall–Kier alpha value is -2.04. The molecular formula is C16H22N2O3. The molecule has 2 rings (SSSR count). The molecule has 1 aliphatic rings. The highest BCUT2D eigenvalue weighted by molar-refractivity contribution is 6.04. The summed E-state index contributed by atoms with van der Waals surface area (Å²) in [7, 11) is 0. The minimum atomic E-state index is -0.109. The molecule has 0 aromatic heterocycles. The van der Waals surface area contributed by atoms with Crippen molar-refractivity contribution in [3.05, 3.63) is 29.3 Å². The van der Waals surface area contributed by atoms with Gasteiger partial charge in [0.2, 0.25) is 0 Å². The van der Waals surface area contributed by atoms with Crippen LogP contribution in [-0.2, 0) is 11.2 Å². The molecule has 0 radical (unpaired) electrons. The Labute approximate surface area is 125 Å². The number of fused-ring (bicyclic) bond motifs is 1. The smallest absolute Gasteiger partial charge is 0.258 e. The topological polar surface area (TPSA) is 70.9 Å². The summed E-state index contributed by atoms with van der Waals surface area (Å²) < 4.78 is 5.63. The maximum atomic E-state index is 11.8. The first-order valence-electron chi connectivity index (χ1n) is 7.41. The Balaban J connectivity index is 1.96. The van der Waals surface area contributed by atoms with Gasteiger partial charge in [0.25, 0.3) is 5.91 Å². The van der Waals surface area contributed by atoms with Crippen LogP contribution in [0.5, 0.6) is 5.75 Å². The Morgan fingerprint density at radius 3 is 3.00 bits per heavy atom. The molecule has 2 N–H and O–H groups in total. The van der Waals surface area contributed by atoms with Gasteiger partial charge < -0.3 is 15.3 Å². The summed E-state index contributed by atoms with van der Waals surface area (Å²) in [4.78, 5) is 11.8. The summed E-state index contributed by atoms with van der Waals surface area (Å²) in [6.45, 7) is 4.09. The first-order chi connectivity index (χ1) is 10.2. The second-order valence-electron chi connectivity index (χ2n) is 5.37. The van der Waals surface area contributed by atoms with E-state index in [1.54, 1.807) is 0 Å². The molecule has 1 aromatic rings. The van der Waals surface area contributed by atoms with Gasteiger partial charge in [-0.1, -0.05) is 30.6 Å². The van der Waals surface area contributed by atoms with Crippen LogP contribution in [0.2, 0.25) is 0 Å². The molecule has 0 aliphatic heterocycles. The van der Waals surface area contributed by atoms with E-state index in [2.05, 4.69) is 17.4 Å². The molecule has 0 heterocycles. The summed E-state index contributed by atoms with van der Waals surface area (Å²) in [5.74, 6) is 0.590. The van der Waals surface area contributed by atoms with Crippen LogP contribution in [-0.4, -0.2) is 29.5 Å². The van der Waals surface area contributed by atoms with Gasteiger partial charge in [0, 0.05) is 17.2 Å². The lowest BCUT2D eigenvalue weighted by Gasteiger charge is -2.14. The lowest BCUT2D eigenvalue weighted by atomic mass is 10.1. The average Bonchev–Trinajstić information content (AvgIpc) is 2.88. The second kappa shape index (κ2) is 7.11. The monoisotopic (exact) mass is 290 g/mol. The molecule has 5 heteroatoms. The molecule has 1 atom stereocenters. The lowest BCUT2D eigenvalue weighted by Crippen LogP contribution is -2.36. The van der Waals surface area contributed by atoms with Gasteiger partial charge in [-0.05, 0) is 32.3 Å². The molecule has 0 spiro atoms. The summed E-state index contributed by atoms with van der Waals surface area (Å²) >= 11 is 0. The minimum Gasteiger partial charge on any atom is -0.483 e. The highest BCUT2D eigenvalue weighted by Gasteiger charge is 2.22. The van der Waals surface area contributed by atoms with Gasteiger partial charge in [-0.15, -0.1) is 0 Å². The zero-order valence-electron chi connectivity index (χ0n) is 12.6. The van der Waals surface area contributed by atoms with Crippen molar-refractivity contribution < 1.29 is 14.7 Å². The van der Waals surface area contributed by atoms with Crippen LogP contribution >= 0.6 is 0 Å². The van der Waals surface area contributed by atoms with E-state index < -0.39 is 0 Å². The molecular weight excluding hydrogens is 268 g/mol. The third-order valence-corrected chi connectivity index (χ3v) is 3.66. The van der Waals surface area contributed by atoms with E-state index in [1.807, 2.05) is 25.1 Å². The number of rotatable bonds is 6. The fraction of sp³-hybridized carbons (Fsp3) is 0.500. The van der Waals surface area contributed by atoms with Crippen molar-refractivity contribution in [1.82, 2.24) is 5.32 Å². The third kappa shape index (κ3) is 3.74. The van der Waals surface area contributed by atoms with E-state index in [1.165, 1.54) is 0 Å². The molecule has 0 saturated carbocycles. The molecule has 1 aromatic carbocycles. The number of nitrogens with zero attached hydrogens (tertiary/aromatic N) is 1. The summed E-state index contributed by atoms with van der Waals surface area (Å²) in [5.41, 5.74) is 2.60. The quantitative estimate of drug-likeness (QED) is 0.624. The fourth-order valence-corrected chi connectivity index (χ4v) is 2.68. The number of amides is 1. The SMILES string of the molecule is CCCC(C)NC(=O)COc1cccc2c1CCC2=NO. The van der Waals surface area contributed by atoms with Crippen molar-refractivity contribution in [2.75, 3.05) is 6.61 Å². The summed E-state index contributed by atoms with van der Waals surface area (Å²) in [6, 6.07) is 5.78. The second-order valence-corrected chi connectivity index (χ2v) is 5.37. The van der Waals surface area contributed by atoms with Gasteiger partial charge in [-0.25, -0.2) is 0 Å². The van der Waals surface area contributed by atoms with Crippen molar-refractivity contribution in [3.63, 3.8) is 0 Å². The van der Waals surface area contributed by atoms with Gasteiger partial charge in [0.15, 0.2) is 6.61 Å². The van der Waals surface area contributed by atoms with E-state index in [0.29, 0.717) is 17.9 Å². The third-order valence-electron chi connectivity index (χ3n) is 3.66. The number of carbonyl (C=O) groups is 1. The van der Waals surface area contributed by atoms with Crippen molar-refractivity contribution in [1.29, 1.82) is 0 Å². The van der Waals surface area contributed by atoms with Gasteiger partial charge in [0.05, 0.1) is 5.71 Å². The number of benzene rings is 1. The highest BCUT2D eigenvalue weighted by atomic mass is 16.5. The van der Waals surface area contributed by atoms with Crippen LogP contribution in [0.25, 0.3) is 0 Å². The average molecular weight is 290 g/mol. The first kappa shape index (κ1) is 15.4. The van der Waals surface area contributed by atoms with Gasteiger partial charge >= 0.3 is 0 Å². The van der Waals surface area contributed by atoms with E-state index in [0.717, 1.165) is 30.4 Å². The maximum Gasteiger partial charge on any atom is 0.258 e. The molecule has 0 bridgehead atoms. The summed E-state index contributed by atoms with van der Waals surface area (Å²) in [6.07, 6.45) is 3.48. The molecule has 1 amide bonds. The van der Waals surface area contributed by atoms with Crippen molar-refractivity contribution in [2.24, 2.45) is 5.16 Å². The Kier molecular flexibility index (Phi) is 5.20. The zero-order valence-corrected chi connectivity index (χ0v) is 12.6. The number of oxime groups is 1. The Morgan fingerprint density at radius 2 is 2.29 bits per heavy atom. The van der Waals surface area contributed by atoms with E-state index in [9.17, 15) is 4.79 Å². The number of nitrogens with one attached hydrogen (secondary N) is 1. The van der Waals surface area contributed by atoms with Crippen LogP contribution in [0, 0.1) is 0 Å². The maximum absolute atomic E-state index is 11.8. The summed E-state index contributed by atoms with van der Waals surface area (Å²) in [5, 5.41) is 15.2. The van der Waals surface area contributed by atoms with Gasteiger partial charge in [0.1, 0.15) is 5.75 Å². The first-order valence-corrected chi connectivity index (χ1v) is 7.41. The largest absolute Gasteiger partial charge is 0.483 e. The molecule has 21 heavy (non-hydrogen) atoms. The molecule has 0 fully saturated rings. The van der Waals surface area contributed by atoms with Crippen LogP contribution < -0.4 is 10.1 Å². The van der Waals surface area contributed by atoms with Crippen LogP contribution in [0.1, 0.15) is 44.2 Å². The Morgan fingerprint density at radius 1 is 1.48 bits per heavy atom. The van der Waals surface area contributed by atoms with E-state index in [-0.39, 0.29) is 18.6 Å². The molecule has 1 aliphatic carbocycles. The minimum absolute atomic E-state index is 0.0100. The van der Waals surface area contributed by atoms with Gasteiger partial charge in [-0.3, -0.25) is 4.79 Å². The Bertz CT molecular complexity index is 540. The number of hydrogen-bond acceptors (Lipinski definition) is 4. The standard InChI is InChI=1S/C16H22N2O3/c1-3-5-11(2)17-16(19)10-21-15-7-4-6-12-13(15)8-9-14(12)18-20/h4,6-7,11,20H,3,5,8-10H2,1-2H3,(H,17,19). The predicted molar refractivity (Wildman–Crippen MR) is 81.1 cm³/mol. The number of ether oxygens (including phenoxy) is 1. The van der Waals surface area contributed by atoms with Crippen LogP contribution in [0.4, 0.5) is 0 Å². The lowest BCUT2D eigenvalue weighted by molar-refractivity contribution is -0.123. The number of hydrogen-bond donors (Lipinski definition) is 2. The molecule has 114 valence electrons. The predicted octanol–water partition coefficient (Wildman–Crippen LogP) is 2.49. The molecule has 0 saturated heterocycles. The normalized spacial score (nSPS) is 16.6. The fourth-order valence-electron chi connectivity index (χ4n) is 2.68. The van der Waals surface area contributed by atoms with E-state index >= 15 is 0 Å². The highest BCUT2D eigenvalue weighted by Crippen LogP contribution is 2.30.